The van der Waals surface area contributed by atoms with E-state index in [-0.39, 0.29) is 0 Å². The first kappa shape index (κ1) is 35.5. The van der Waals surface area contributed by atoms with Crippen molar-refractivity contribution in [2.45, 2.75) is 0 Å². The Morgan fingerprint density at radius 1 is 0.242 bits per heavy atom. The van der Waals surface area contributed by atoms with Gasteiger partial charge < -0.3 is 8.83 Å². The first-order valence-corrected chi connectivity index (χ1v) is 20.7. The van der Waals surface area contributed by atoms with Crippen LogP contribution in [0.25, 0.3) is 123 Å². The van der Waals surface area contributed by atoms with Crippen molar-refractivity contribution in [2.75, 3.05) is 0 Å². The minimum Gasteiger partial charge on any atom is -0.456 e. The van der Waals surface area contributed by atoms with Crippen molar-refractivity contribution in [3.8, 4) is 78.7 Å². The lowest BCUT2D eigenvalue weighted by Crippen LogP contribution is -2.01. The van der Waals surface area contributed by atoms with Crippen LogP contribution >= 0.6 is 0 Å². The van der Waals surface area contributed by atoms with E-state index in [1.54, 1.807) is 0 Å². The van der Waals surface area contributed by atoms with Gasteiger partial charge in [0.25, 0.3) is 0 Å². The third-order valence-corrected chi connectivity index (χ3v) is 11.7. The van der Waals surface area contributed by atoms with Gasteiger partial charge in [0.05, 0.1) is 0 Å². The lowest BCUT2D eigenvalue weighted by Gasteiger charge is -2.11. The van der Waals surface area contributed by atoms with Crippen molar-refractivity contribution in [3.63, 3.8) is 0 Å². The molecule has 62 heavy (non-hydrogen) atoms. The number of hydrogen-bond donors (Lipinski definition) is 0. The third kappa shape index (κ3) is 6.23. The van der Waals surface area contributed by atoms with E-state index in [9.17, 15) is 0 Å². The van der Waals surface area contributed by atoms with E-state index in [2.05, 4.69) is 170 Å². The van der Waals surface area contributed by atoms with Gasteiger partial charge in [-0.05, 0) is 93.0 Å². The molecule has 3 aromatic heterocycles. The van der Waals surface area contributed by atoms with Gasteiger partial charge in [-0.2, -0.15) is 0 Å². The van der Waals surface area contributed by atoms with Crippen LogP contribution in [0.3, 0.4) is 0 Å². The number of fused-ring (bicyclic) bond motifs is 6. The molecule has 0 aliphatic rings. The Morgan fingerprint density at radius 3 is 1.06 bits per heavy atom. The Bertz CT molecular complexity index is 3450. The number of rotatable bonds is 7. The third-order valence-electron chi connectivity index (χ3n) is 11.7. The molecular weight excluding hydrogens is 759 g/mol. The zero-order valence-corrected chi connectivity index (χ0v) is 33.4. The molecule has 12 aromatic rings. The monoisotopic (exact) mass is 793 g/mol. The summed E-state index contributed by atoms with van der Waals surface area (Å²) in [4.78, 5) is 16.0. The quantitative estimate of drug-likeness (QED) is 0.161. The fraction of sp³-hybridized carbons (Fsp3) is 0. The first-order valence-electron chi connectivity index (χ1n) is 20.7. The Balaban J connectivity index is 1.08. The number of aromatic nitrogens is 3. The summed E-state index contributed by atoms with van der Waals surface area (Å²) >= 11 is 0. The maximum absolute atomic E-state index is 6.50. The summed E-state index contributed by atoms with van der Waals surface area (Å²) in [5.74, 6) is 1.67. The fourth-order valence-electron chi connectivity index (χ4n) is 8.74. The summed E-state index contributed by atoms with van der Waals surface area (Å²) in [6, 6.07) is 73.4. The zero-order valence-electron chi connectivity index (χ0n) is 33.4. The SMILES string of the molecule is c1ccc(-c2cccc(-c3cccc(-c4nc(-c5cccc6oc7ccc(-c8ccccc8)cc7c56)nc(-c5cccc6oc7ccc(-c8ccccc8)cc7c56)n4)c3)c2)cc1. The van der Waals surface area contributed by atoms with E-state index in [4.69, 9.17) is 23.8 Å². The van der Waals surface area contributed by atoms with Crippen molar-refractivity contribution in [2.24, 2.45) is 0 Å². The van der Waals surface area contributed by atoms with Crippen LogP contribution in [0.5, 0.6) is 0 Å². The molecule has 0 radical (unpaired) electrons. The van der Waals surface area contributed by atoms with Crippen LogP contribution in [0.15, 0.2) is 221 Å². The Labute approximate surface area is 357 Å². The van der Waals surface area contributed by atoms with Crippen molar-refractivity contribution >= 4 is 43.9 Å². The van der Waals surface area contributed by atoms with E-state index in [0.29, 0.717) is 17.5 Å². The molecule has 0 saturated heterocycles. The van der Waals surface area contributed by atoms with Crippen molar-refractivity contribution in [3.05, 3.63) is 212 Å². The Kier molecular flexibility index (Phi) is 8.42. The van der Waals surface area contributed by atoms with Crippen LogP contribution < -0.4 is 0 Å². The lowest BCUT2D eigenvalue weighted by molar-refractivity contribution is 0.668. The largest absolute Gasteiger partial charge is 0.456 e. The second kappa shape index (κ2) is 14.7. The van der Waals surface area contributed by atoms with Gasteiger partial charge >= 0.3 is 0 Å². The van der Waals surface area contributed by atoms with Gasteiger partial charge in [-0.3, -0.25) is 0 Å². The van der Waals surface area contributed by atoms with Crippen molar-refractivity contribution in [1.29, 1.82) is 0 Å². The van der Waals surface area contributed by atoms with Crippen LogP contribution in [0.2, 0.25) is 0 Å². The van der Waals surface area contributed by atoms with E-state index in [1.807, 2.05) is 42.5 Å². The summed E-state index contributed by atoms with van der Waals surface area (Å²) in [6.07, 6.45) is 0. The molecule has 0 aliphatic carbocycles. The average molecular weight is 794 g/mol. The Hall–Kier alpha value is -8.41. The van der Waals surface area contributed by atoms with Gasteiger partial charge in [0.1, 0.15) is 22.3 Å². The van der Waals surface area contributed by atoms with Gasteiger partial charge in [0, 0.05) is 38.2 Å². The highest BCUT2D eigenvalue weighted by molar-refractivity contribution is 6.14. The molecule has 12 rings (SSSR count). The number of nitrogens with zero attached hydrogens (tertiary/aromatic N) is 3. The van der Waals surface area contributed by atoms with E-state index in [1.165, 1.54) is 5.56 Å². The molecule has 290 valence electrons. The van der Waals surface area contributed by atoms with Crippen LogP contribution in [0.1, 0.15) is 0 Å². The van der Waals surface area contributed by atoms with E-state index < -0.39 is 0 Å². The molecule has 0 unspecified atom stereocenters. The highest BCUT2D eigenvalue weighted by Crippen LogP contribution is 2.41. The predicted molar refractivity (Wildman–Crippen MR) is 252 cm³/mol. The number of hydrogen-bond acceptors (Lipinski definition) is 5. The fourth-order valence-corrected chi connectivity index (χ4v) is 8.74. The summed E-state index contributed by atoms with van der Waals surface area (Å²) in [5, 5.41) is 3.90. The summed E-state index contributed by atoms with van der Waals surface area (Å²) in [7, 11) is 0. The molecule has 0 amide bonds. The van der Waals surface area contributed by atoms with Gasteiger partial charge in [-0.25, -0.2) is 15.0 Å². The molecule has 0 aliphatic heterocycles. The van der Waals surface area contributed by atoms with Gasteiger partial charge in [-0.15, -0.1) is 0 Å². The van der Waals surface area contributed by atoms with Crippen molar-refractivity contribution < 1.29 is 8.83 Å². The van der Waals surface area contributed by atoms with Gasteiger partial charge in [-0.1, -0.05) is 164 Å². The second-order valence-corrected chi connectivity index (χ2v) is 15.5. The molecular formula is C57H35N3O2. The van der Waals surface area contributed by atoms with Crippen LogP contribution in [-0.4, -0.2) is 15.0 Å². The Morgan fingerprint density at radius 2 is 0.597 bits per heavy atom. The maximum Gasteiger partial charge on any atom is 0.164 e. The molecule has 5 nitrogen and oxygen atoms in total. The highest BCUT2D eigenvalue weighted by atomic mass is 16.3. The molecule has 0 saturated carbocycles. The minimum atomic E-state index is 0.551. The van der Waals surface area contributed by atoms with Crippen LogP contribution in [-0.2, 0) is 0 Å². The second-order valence-electron chi connectivity index (χ2n) is 15.5. The van der Waals surface area contributed by atoms with Gasteiger partial charge in [0.2, 0.25) is 0 Å². The molecule has 9 aromatic carbocycles. The molecule has 0 bridgehead atoms. The minimum absolute atomic E-state index is 0.551. The van der Waals surface area contributed by atoms with E-state index >= 15 is 0 Å². The molecule has 5 heteroatoms. The molecule has 0 N–H and O–H groups in total. The first-order chi connectivity index (χ1) is 30.7. The standard InChI is InChI=1S/C57H35N3O2/c1-4-14-36(15-5-1)39-20-10-21-40(32-39)41-22-11-23-44(33-41)55-58-56(45-24-12-26-51-53(45)47-34-42(28-30-49(47)61-51)37-16-6-2-7-17-37)60-57(59-55)46-25-13-27-52-54(46)48-35-43(29-31-50(48)62-52)38-18-8-3-9-19-38/h1-35H. The summed E-state index contributed by atoms with van der Waals surface area (Å²) < 4.78 is 13.0. The number of furan rings is 2. The molecule has 0 atom stereocenters. The van der Waals surface area contributed by atoms with Crippen LogP contribution in [0, 0.1) is 0 Å². The van der Waals surface area contributed by atoms with Crippen molar-refractivity contribution in [1.82, 2.24) is 15.0 Å². The summed E-state index contributed by atoms with van der Waals surface area (Å²) in [5.41, 5.74) is 14.7. The maximum atomic E-state index is 6.50. The topological polar surface area (TPSA) is 65.0 Å². The van der Waals surface area contributed by atoms with E-state index in [0.717, 1.165) is 99.5 Å². The van der Waals surface area contributed by atoms with Crippen LogP contribution in [0.4, 0.5) is 0 Å². The molecule has 3 heterocycles. The zero-order chi connectivity index (χ0) is 41.0. The average Bonchev–Trinajstić information content (AvgIpc) is 3.93. The normalized spacial score (nSPS) is 11.5. The van der Waals surface area contributed by atoms with Gasteiger partial charge in [0.15, 0.2) is 17.5 Å². The smallest absolute Gasteiger partial charge is 0.164 e. The molecule has 0 spiro atoms. The number of benzene rings is 9. The lowest BCUT2D eigenvalue weighted by atomic mass is 9.98. The summed E-state index contributed by atoms with van der Waals surface area (Å²) in [6.45, 7) is 0. The predicted octanol–water partition coefficient (Wildman–Crippen LogP) is 15.3. The highest BCUT2D eigenvalue weighted by Gasteiger charge is 2.21. The molecule has 0 fully saturated rings.